The molecule has 1 aromatic carbocycles. The monoisotopic (exact) mass is 348 g/mol. The minimum Gasteiger partial charge on any atom is -0.486 e. The first-order chi connectivity index (χ1) is 11.9. The van der Waals surface area contributed by atoms with Gasteiger partial charge in [0.25, 0.3) is 0 Å². The van der Waals surface area contributed by atoms with Crippen LogP contribution in [0.15, 0.2) is 18.2 Å². The van der Waals surface area contributed by atoms with E-state index in [1.807, 2.05) is 32.0 Å². The Morgan fingerprint density at radius 3 is 2.56 bits per heavy atom. The molecule has 2 heterocycles. The van der Waals surface area contributed by atoms with E-state index in [1.54, 1.807) is 0 Å². The highest BCUT2D eigenvalue weighted by atomic mass is 16.6. The van der Waals surface area contributed by atoms with Crippen LogP contribution in [0.4, 0.5) is 0 Å². The fourth-order valence-corrected chi connectivity index (χ4v) is 3.14. The molecule has 1 amide bonds. The number of carbonyl (C=O) groups excluding carboxylic acids is 1. The largest absolute Gasteiger partial charge is 0.486 e. The van der Waals surface area contributed by atoms with Crippen molar-refractivity contribution in [3.05, 3.63) is 23.8 Å². The quantitative estimate of drug-likeness (QED) is 0.736. The van der Waals surface area contributed by atoms with Gasteiger partial charge in [-0.3, -0.25) is 14.9 Å². The molecule has 1 fully saturated rings. The number of fused-ring (bicyclic) bond motifs is 1. The number of benzene rings is 1. The second-order valence-electron chi connectivity index (χ2n) is 7.15. The van der Waals surface area contributed by atoms with Gasteiger partial charge in [-0.25, -0.2) is 0 Å². The maximum atomic E-state index is 12.3. The Morgan fingerprint density at radius 2 is 1.88 bits per heavy atom. The van der Waals surface area contributed by atoms with Crippen LogP contribution in [0.5, 0.6) is 11.5 Å². The summed E-state index contributed by atoms with van der Waals surface area (Å²) < 4.78 is 11.2. The Balaban J connectivity index is 1.60. The summed E-state index contributed by atoms with van der Waals surface area (Å²) >= 11 is 0. The molecule has 0 aromatic heterocycles. The maximum Gasteiger partial charge on any atom is 0.320 e. The Hall–Kier alpha value is -2.28. The third-order valence-electron chi connectivity index (χ3n) is 4.79. The van der Waals surface area contributed by atoms with Crippen molar-refractivity contribution in [1.82, 2.24) is 10.6 Å². The highest BCUT2D eigenvalue weighted by Crippen LogP contribution is 2.34. The van der Waals surface area contributed by atoms with Crippen LogP contribution < -0.4 is 20.1 Å². The third-order valence-corrected chi connectivity index (χ3v) is 4.79. The Morgan fingerprint density at radius 1 is 1.20 bits per heavy atom. The zero-order valence-electron chi connectivity index (χ0n) is 14.5. The summed E-state index contributed by atoms with van der Waals surface area (Å²) in [6.45, 7) is 5.62. The summed E-state index contributed by atoms with van der Waals surface area (Å²) in [7, 11) is 0. The number of carbonyl (C=O) groups is 2. The molecular weight excluding hydrogens is 324 g/mol. The van der Waals surface area contributed by atoms with Crippen LogP contribution in [0.25, 0.3) is 0 Å². The molecule has 0 saturated carbocycles. The fraction of sp³-hybridized carbons (Fsp3) is 0.556. The molecule has 7 nitrogen and oxygen atoms in total. The second kappa shape index (κ2) is 6.92. The van der Waals surface area contributed by atoms with Crippen molar-refractivity contribution in [2.24, 2.45) is 0 Å². The molecule has 1 saturated heterocycles. The van der Waals surface area contributed by atoms with E-state index in [2.05, 4.69) is 10.6 Å². The van der Waals surface area contributed by atoms with Crippen molar-refractivity contribution in [2.75, 3.05) is 19.8 Å². The van der Waals surface area contributed by atoms with Gasteiger partial charge in [0.2, 0.25) is 5.91 Å². The molecule has 0 bridgehead atoms. The molecule has 0 aliphatic carbocycles. The van der Waals surface area contributed by atoms with E-state index in [0.717, 1.165) is 17.1 Å². The van der Waals surface area contributed by atoms with Gasteiger partial charge in [0.15, 0.2) is 11.5 Å². The molecule has 3 N–H and O–H groups in total. The van der Waals surface area contributed by atoms with Gasteiger partial charge in [0.1, 0.15) is 19.3 Å². The van der Waals surface area contributed by atoms with Gasteiger partial charge in [-0.1, -0.05) is 19.9 Å². The van der Waals surface area contributed by atoms with Crippen molar-refractivity contribution in [2.45, 2.75) is 44.2 Å². The lowest BCUT2D eigenvalue weighted by Crippen LogP contribution is -2.47. The molecule has 7 heteroatoms. The number of amides is 1. The predicted molar refractivity (Wildman–Crippen MR) is 91.0 cm³/mol. The normalized spacial score (nSPS) is 22.5. The first-order valence-electron chi connectivity index (χ1n) is 8.53. The summed E-state index contributed by atoms with van der Waals surface area (Å²) in [6, 6.07) is 4.74. The fourth-order valence-electron chi connectivity index (χ4n) is 3.14. The zero-order valence-corrected chi connectivity index (χ0v) is 14.5. The standard InChI is InChI=1S/C18H24N2O5/c1-18(2,11-3-6-14-15(9-11)25-8-7-24-14)10-19-16(21)12-4-5-13(20-12)17(22)23/h3,6,9,12-13,20H,4-5,7-8,10H2,1-2H3,(H,19,21)(H,22,23)/t12-,13+/m1/s1. The van der Waals surface area contributed by atoms with Gasteiger partial charge in [0, 0.05) is 12.0 Å². The first kappa shape index (κ1) is 17.5. The number of aliphatic carboxylic acids is 1. The topological polar surface area (TPSA) is 96.9 Å². The Bertz CT molecular complexity index is 673. The minimum atomic E-state index is -0.910. The summed E-state index contributed by atoms with van der Waals surface area (Å²) in [5, 5.41) is 14.8. The number of carboxylic acids is 1. The molecule has 2 aliphatic rings. The van der Waals surface area contributed by atoms with Gasteiger partial charge in [-0.05, 0) is 30.5 Å². The van der Waals surface area contributed by atoms with E-state index in [1.165, 1.54) is 0 Å². The SMILES string of the molecule is CC(C)(CNC(=O)[C@H]1CC[C@@H](C(=O)O)N1)c1ccc2c(c1)OCCO2. The van der Waals surface area contributed by atoms with Crippen LogP contribution in [-0.4, -0.2) is 48.8 Å². The average molecular weight is 348 g/mol. The molecule has 136 valence electrons. The van der Waals surface area contributed by atoms with Gasteiger partial charge < -0.3 is 19.9 Å². The van der Waals surface area contributed by atoms with E-state index in [4.69, 9.17) is 14.6 Å². The van der Waals surface area contributed by atoms with Crippen LogP contribution in [0.2, 0.25) is 0 Å². The average Bonchev–Trinajstić information content (AvgIpc) is 3.10. The minimum absolute atomic E-state index is 0.158. The van der Waals surface area contributed by atoms with Crippen molar-refractivity contribution in [1.29, 1.82) is 0 Å². The molecule has 3 rings (SSSR count). The molecule has 0 radical (unpaired) electrons. The third kappa shape index (κ3) is 3.87. The molecule has 0 spiro atoms. The number of ether oxygens (including phenoxy) is 2. The number of nitrogens with one attached hydrogen (secondary N) is 2. The van der Waals surface area contributed by atoms with Gasteiger partial charge in [-0.2, -0.15) is 0 Å². The molecule has 2 aliphatic heterocycles. The molecule has 2 atom stereocenters. The lowest BCUT2D eigenvalue weighted by molar-refractivity contribution is -0.139. The van der Waals surface area contributed by atoms with Crippen molar-refractivity contribution < 1.29 is 24.2 Å². The lowest BCUT2D eigenvalue weighted by Gasteiger charge is -2.28. The van der Waals surface area contributed by atoms with Crippen molar-refractivity contribution in [3.63, 3.8) is 0 Å². The summed E-state index contributed by atoms with van der Waals surface area (Å²) in [4.78, 5) is 23.3. The zero-order chi connectivity index (χ0) is 18.0. The van der Waals surface area contributed by atoms with Crippen LogP contribution in [0.1, 0.15) is 32.3 Å². The highest BCUT2D eigenvalue weighted by molar-refractivity contribution is 5.84. The Labute approximate surface area is 146 Å². The van der Waals surface area contributed by atoms with E-state index in [0.29, 0.717) is 32.6 Å². The number of carboxylic acid groups (broad SMARTS) is 1. The van der Waals surface area contributed by atoms with E-state index < -0.39 is 18.1 Å². The van der Waals surface area contributed by atoms with Crippen molar-refractivity contribution in [3.8, 4) is 11.5 Å². The number of hydrogen-bond acceptors (Lipinski definition) is 5. The second-order valence-corrected chi connectivity index (χ2v) is 7.15. The lowest BCUT2D eigenvalue weighted by atomic mass is 9.84. The summed E-state index contributed by atoms with van der Waals surface area (Å²) in [5.41, 5.74) is 0.746. The molecule has 0 unspecified atom stereocenters. The van der Waals surface area contributed by atoms with Gasteiger partial charge >= 0.3 is 5.97 Å². The highest BCUT2D eigenvalue weighted by Gasteiger charge is 2.33. The predicted octanol–water partition coefficient (Wildman–Crippen LogP) is 1.06. The number of rotatable bonds is 5. The van der Waals surface area contributed by atoms with Crippen LogP contribution >= 0.6 is 0 Å². The number of hydrogen-bond donors (Lipinski definition) is 3. The maximum absolute atomic E-state index is 12.3. The van der Waals surface area contributed by atoms with Gasteiger partial charge in [0.05, 0.1) is 6.04 Å². The smallest absolute Gasteiger partial charge is 0.320 e. The van der Waals surface area contributed by atoms with Crippen LogP contribution in [-0.2, 0) is 15.0 Å². The molecule has 1 aromatic rings. The van der Waals surface area contributed by atoms with E-state index in [9.17, 15) is 9.59 Å². The van der Waals surface area contributed by atoms with Crippen molar-refractivity contribution >= 4 is 11.9 Å². The molecule has 25 heavy (non-hydrogen) atoms. The molecular formula is C18H24N2O5. The van der Waals surface area contributed by atoms with Crippen LogP contribution in [0, 0.1) is 0 Å². The van der Waals surface area contributed by atoms with Gasteiger partial charge in [-0.15, -0.1) is 0 Å². The first-order valence-corrected chi connectivity index (χ1v) is 8.53. The summed E-state index contributed by atoms with van der Waals surface area (Å²) in [6.07, 6.45) is 1.01. The van der Waals surface area contributed by atoms with Crippen LogP contribution in [0.3, 0.4) is 0 Å². The summed E-state index contributed by atoms with van der Waals surface area (Å²) in [5.74, 6) is 0.399. The Kier molecular flexibility index (Phi) is 4.85. The van der Waals surface area contributed by atoms with E-state index >= 15 is 0 Å². The van der Waals surface area contributed by atoms with E-state index in [-0.39, 0.29) is 11.3 Å².